The van der Waals surface area contributed by atoms with Crippen LogP contribution < -0.4 is 0 Å². The zero-order valence-corrected chi connectivity index (χ0v) is 9.10. The van der Waals surface area contributed by atoms with Gasteiger partial charge in [-0.15, -0.1) is 0 Å². The lowest BCUT2D eigenvalue weighted by Crippen LogP contribution is -2.51. The Kier molecular flexibility index (Phi) is 3.43. The molecule has 0 aliphatic heterocycles. The third kappa shape index (κ3) is 2.18. The maximum atomic E-state index is 11.0. The van der Waals surface area contributed by atoms with E-state index in [0.29, 0.717) is 12.2 Å². The minimum Gasteiger partial charge on any atom is -0.481 e. The van der Waals surface area contributed by atoms with E-state index in [9.17, 15) is 24.3 Å². The van der Waals surface area contributed by atoms with E-state index in [2.05, 4.69) is 0 Å². The van der Waals surface area contributed by atoms with Crippen molar-refractivity contribution in [1.82, 2.24) is 0 Å². The third-order valence-corrected chi connectivity index (χ3v) is 2.57. The summed E-state index contributed by atoms with van der Waals surface area (Å²) in [6.07, 6.45) is 0.989. The number of carboxylic acid groups (broad SMARTS) is 4. The molecular formula is C10H8O9. The van der Waals surface area contributed by atoms with Crippen LogP contribution in [0.1, 0.15) is 0 Å². The second kappa shape index (κ2) is 4.53. The fourth-order valence-electron chi connectivity index (χ4n) is 1.70. The van der Waals surface area contributed by atoms with Gasteiger partial charge in [0.2, 0.25) is 0 Å². The number of rotatable bonds is 4. The molecule has 2 unspecified atom stereocenters. The third-order valence-electron chi connectivity index (χ3n) is 2.57. The van der Waals surface area contributed by atoms with Crippen molar-refractivity contribution in [3.05, 3.63) is 23.3 Å². The first kappa shape index (κ1) is 14.4. The second-order valence-electron chi connectivity index (χ2n) is 3.67. The highest BCUT2D eigenvalue weighted by Crippen LogP contribution is 2.34. The zero-order valence-electron chi connectivity index (χ0n) is 9.10. The number of aliphatic hydroxyl groups is 1. The first-order chi connectivity index (χ1) is 8.62. The monoisotopic (exact) mass is 272 g/mol. The van der Waals surface area contributed by atoms with Gasteiger partial charge in [0.05, 0.1) is 11.1 Å². The fraction of sp³-hybridized carbons (Fsp3) is 0.200. The van der Waals surface area contributed by atoms with Crippen molar-refractivity contribution < 1.29 is 44.7 Å². The van der Waals surface area contributed by atoms with E-state index in [1.54, 1.807) is 0 Å². The average molecular weight is 272 g/mol. The Morgan fingerprint density at radius 3 is 1.84 bits per heavy atom. The van der Waals surface area contributed by atoms with Crippen molar-refractivity contribution in [3.63, 3.8) is 0 Å². The van der Waals surface area contributed by atoms with Gasteiger partial charge in [0.1, 0.15) is 5.92 Å². The Bertz CT molecular complexity index is 541. The van der Waals surface area contributed by atoms with Gasteiger partial charge in [-0.05, 0) is 12.2 Å². The number of carboxylic acids is 4. The molecule has 2 atom stereocenters. The smallest absolute Gasteiger partial charge is 0.341 e. The molecule has 0 spiro atoms. The topological polar surface area (TPSA) is 169 Å². The Hall–Kier alpha value is -2.68. The molecule has 0 radical (unpaired) electrons. The number of hydrogen-bond donors (Lipinski definition) is 5. The second-order valence-corrected chi connectivity index (χ2v) is 3.67. The van der Waals surface area contributed by atoms with Crippen molar-refractivity contribution >= 4 is 23.9 Å². The maximum absolute atomic E-state index is 11.0. The molecule has 9 heteroatoms. The minimum absolute atomic E-state index is 0.435. The standard InChI is InChI=1S/C10H8O9/c11-6(12)3-1-2-10(19,9(17)18)5(8(15)16)4(3)7(13)14/h1-2,5,19H,(H,11,12)(H,13,14)(H,15,16)(H,17,18). The summed E-state index contributed by atoms with van der Waals surface area (Å²) in [6.45, 7) is 0. The van der Waals surface area contributed by atoms with E-state index in [4.69, 9.17) is 20.4 Å². The maximum Gasteiger partial charge on any atom is 0.341 e. The van der Waals surface area contributed by atoms with E-state index in [1.807, 2.05) is 0 Å². The van der Waals surface area contributed by atoms with Crippen molar-refractivity contribution in [2.24, 2.45) is 5.92 Å². The molecule has 0 amide bonds. The van der Waals surface area contributed by atoms with Gasteiger partial charge in [0.15, 0.2) is 5.60 Å². The van der Waals surface area contributed by atoms with Gasteiger partial charge in [-0.1, -0.05) is 0 Å². The summed E-state index contributed by atoms with van der Waals surface area (Å²) in [5.74, 6) is -10.1. The van der Waals surface area contributed by atoms with Crippen molar-refractivity contribution in [2.75, 3.05) is 0 Å². The van der Waals surface area contributed by atoms with Crippen LogP contribution in [0.5, 0.6) is 0 Å². The number of hydrogen-bond acceptors (Lipinski definition) is 5. The number of aliphatic carboxylic acids is 4. The molecule has 0 saturated carbocycles. The molecule has 0 aromatic rings. The molecule has 1 aliphatic carbocycles. The molecule has 9 nitrogen and oxygen atoms in total. The Morgan fingerprint density at radius 1 is 1.00 bits per heavy atom. The van der Waals surface area contributed by atoms with E-state index >= 15 is 0 Å². The highest BCUT2D eigenvalue weighted by atomic mass is 16.4. The van der Waals surface area contributed by atoms with Crippen LogP contribution in [0.3, 0.4) is 0 Å². The summed E-state index contributed by atoms with van der Waals surface area (Å²) in [7, 11) is 0. The lowest BCUT2D eigenvalue weighted by molar-refractivity contribution is -0.167. The van der Waals surface area contributed by atoms with Crippen molar-refractivity contribution in [3.8, 4) is 0 Å². The molecule has 0 aromatic carbocycles. The summed E-state index contributed by atoms with van der Waals surface area (Å²) >= 11 is 0. The molecule has 0 fully saturated rings. The van der Waals surface area contributed by atoms with Crippen molar-refractivity contribution in [2.45, 2.75) is 5.60 Å². The highest BCUT2D eigenvalue weighted by Gasteiger charge is 2.53. The Labute approximate surface area is 104 Å². The summed E-state index contributed by atoms with van der Waals surface area (Å²) in [5.41, 5.74) is -5.13. The first-order valence-corrected chi connectivity index (χ1v) is 4.71. The van der Waals surface area contributed by atoms with Crippen LogP contribution in [-0.4, -0.2) is 55.0 Å². The van der Waals surface area contributed by atoms with Gasteiger partial charge >= 0.3 is 23.9 Å². The van der Waals surface area contributed by atoms with Crippen LogP contribution in [0, 0.1) is 5.92 Å². The van der Waals surface area contributed by atoms with Crippen LogP contribution in [0.4, 0.5) is 0 Å². The van der Waals surface area contributed by atoms with Crippen LogP contribution in [0.15, 0.2) is 23.3 Å². The summed E-state index contributed by atoms with van der Waals surface area (Å²) in [4.78, 5) is 43.7. The molecule has 102 valence electrons. The van der Waals surface area contributed by atoms with Gasteiger partial charge in [0, 0.05) is 0 Å². The predicted octanol–water partition coefficient (Wildman–Crippen LogP) is -1.46. The SMILES string of the molecule is O=C(O)C1=C(C(=O)O)C(C(=O)O)C(O)(C(=O)O)C=C1. The Morgan fingerprint density at radius 2 is 1.53 bits per heavy atom. The molecule has 1 rings (SSSR count). The van der Waals surface area contributed by atoms with Crippen LogP contribution in [0.25, 0.3) is 0 Å². The van der Waals surface area contributed by atoms with Gasteiger partial charge < -0.3 is 25.5 Å². The largest absolute Gasteiger partial charge is 0.481 e. The van der Waals surface area contributed by atoms with Gasteiger partial charge in [-0.3, -0.25) is 4.79 Å². The molecule has 1 aliphatic rings. The quantitative estimate of drug-likeness (QED) is 0.410. The zero-order chi connectivity index (χ0) is 15.0. The van der Waals surface area contributed by atoms with Gasteiger partial charge in [-0.2, -0.15) is 0 Å². The molecule has 0 saturated heterocycles. The lowest BCUT2D eigenvalue weighted by Gasteiger charge is -2.30. The molecule has 0 bridgehead atoms. The fourth-order valence-corrected chi connectivity index (χ4v) is 1.70. The number of carbonyl (C=O) groups is 4. The molecule has 0 heterocycles. The van der Waals surface area contributed by atoms with E-state index in [-0.39, 0.29) is 0 Å². The van der Waals surface area contributed by atoms with Crippen LogP contribution >= 0.6 is 0 Å². The first-order valence-electron chi connectivity index (χ1n) is 4.71. The van der Waals surface area contributed by atoms with E-state index in [1.165, 1.54) is 0 Å². The van der Waals surface area contributed by atoms with Gasteiger partial charge in [0.25, 0.3) is 0 Å². The van der Waals surface area contributed by atoms with Crippen LogP contribution in [0.2, 0.25) is 0 Å². The Balaban J connectivity index is 3.62. The summed E-state index contributed by atoms with van der Waals surface area (Å²) < 4.78 is 0. The lowest BCUT2D eigenvalue weighted by atomic mass is 9.75. The predicted molar refractivity (Wildman–Crippen MR) is 55.1 cm³/mol. The normalized spacial score (nSPS) is 26.1. The highest BCUT2D eigenvalue weighted by molar-refractivity contribution is 6.07. The van der Waals surface area contributed by atoms with E-state index in [0.717, 1.165) is 0 Å². The molecular weight excluding hydrogens is 264 g/mol. The minimum atomic E-state index is -3.03. The van der Waals surface area contributed by atoms with Crippen LogP contribution in [-0.2, 0) is 19.2 Å². The van der Waals surface area contributed by atoms with Crippen molar-refractivity contribution in [1.29, 1.82) is 0 Å². The molecule has 5 N–H and O–H groups in total. The molecule has 19 heavy (non-hydrogen) atoms. The summed E-state index contributed by atoms with van der Waals surface area (Å²) in [5, 5.41) is 45.1. The van der Waals surface area contributed by atoms with E-state index < -0.39 is 46.5 Å². The molecule has 0 aromatic heterocycles. The van der Waals surface area contributed by atoms with Gasteiger partial charge in [-0.25, -0.2) is 14.4 Å². The average Bonchev–Trinajstić information content (AvgIpc) is 2.26. The summed E-state index contributed by atoms with van der Waals surface area (Å²) in [6, 6.07) is 0.